The molecule has 1 aliphatic rings. The Hall–Kier alpha value is -2.57. The predicted octanol–water partition coefficient (Wildman–Crippen LogP) is 3.30. The molecule has 2 aromatic rings. The number of hydrogen-bond donors (Lipinski definition) is 1. The maximum atomic E-state index is 12.3. The van der Waals surface area contributed by atoms with E-state index in [0.29, 0.717) is 11.6 Å². The van der Waals surface area contributed by atoms with E-state index in [1.165, 1.54) is 12.8 Å². The number of amides is 1. The summed E-state index contributed by atoms with van der Waals surface area (Å²) >= 11 is 0. The number of carbonyl (C=O) groups is 1. The summed E-state index contributed by atoms with van der Waals surface area (Å²) in [5.41, 5.74) is 2.58. The zero-order valence-electron chi connectivity index (χ0n) is 14.7. The first kappa shape index (κ1) is 17.3. The summed E-state index contributed by atoms with van der Waals surface area (Å²) in [5, 5.41) is 3.07. The number of likely N-dealkylation sites (N-methyl/N-ethyl adjacent to an activating group) is 1. The van der Waals surface area contributed by atoms with Crippen LogP contribution in [0, 0.1) is 11.8 Å². The summed E-state index contributed by atoms with van der Waals surface area (Å²) < 4.78 is 0. The molecule has 2 aromatic carbocycles. The van der Waals surface area contributed by atoms with Crippen molar-refractivity contribution in [3.8, 4) is 11.8 Å². The fraction of sp³-hybridized carbons (Fsp3) is 0.318. The molecule has 25 heavy (non-hydrogen) atoms. The SMILES string of the molecule is CCN1CCC[C@H]1CNC(=O)c1ccc(C#Cc2ccccc2)cc1. The van der Waals surface area contributed by atoms with Crippen molar-refractivity contribution in [1.29, 1.82) is 0 Å². The maximum Gasteiger partial charge on any atom is 0.251 e. The fourth-order valence-corrected chi connectivity index (χ4v) is 3.23. The molecule has 1 amide bonds. The average Bonchev–Trinajstić information content (AvgIpc) is 3.13. The highest BCUT2D eigenvalue weighted by molar-refractivity contribution is 5.94. The second-order valence-corrected chi connectivity index (χ2v) is 6.33. The molecule has 0 spiro atoms. The van der Waals surface area contributed by atoms with Crippen molar-refractivity contribution in [2.75, 3.05) is 19.6 Å². The second-order valence-electron chi connectivity index (χ2n) is 6.33. The van der Waals surface area contributed by atoms with Gasteiger partial charge in [0.05, 0.1) is 0 Å². The molecule has 0 saturated carbocycles. The van der Waals surface area contributed by atoms with Crippen LogP contribution in [0.4, 0.5) is 0 Å². The van der Waals surface area contributed by atoms with Gasteiger partial charge in [0.1, 0.15) is 0 Å². The summed E-state index contributed by atoms with van der Waals surface area (Å²) in [7, 11) is 0. The Morgan fingerprint density at radius 3 is 2.44 bits per heavy atom. The van der Waals surface area contributed by atoms with Gasteiger partial charge in [-0.05, 0) is 62.3 Å². The molecule has 0 aromatic heterocycles. The minimum absolute atomic E-state index is 0.00878. The summed E-state index contributed by atoms with van der Waals surface area (Å²) in [5.74, 6) is 6.25. The molecule has 1 N–H and O–H groups in total. The third-order valence-corrected chi connectivity index (χ3v) is 4.68. The topological polar surface area (TPSA) is 32.3 Å². The van der Waals surface area contributed by atoms with E-state index < -0.39 is 0 Å². The smallest absolute Gasteiger partial charge is 0.251 e. The molecule has 3 heteroatoms. The average molecular weight is 332 g/mol. The standard InChI is InChI=1S/C22H24N2O/c1-2-24-16-6-9-21(24)17-23-22(25)20-14-12-19(13-15-20)11-10-18-7-4-3-5-8-18/h3-5,7-8,12-15,21H,2,6,9,16-17H2,1H3,(H,23,25)/t21-/m0/s1. The molecule has 1 atom stereocenters. The van der Waals surface area contributed by atoms with Gasteiger partial charge in [0.15, 0.2) is 0 Å². The third kappa shape index (κ3) is 4.71. The van der Waals surface area contributed by atoms with Crippen LogP contribution in [0.5, 0.6) is 0 Å². The molecule has 1 saturated heterocycles. The number of likely N-dealkylation sites (tertiary alicyclic amines) is 1. The van der Waals surface area contributed by atoms with Gasteiger partial charge in [0, 0.05) is 29.3 Å². The molecule has 3 nitrogen and oxygen atoms in total. The molecule has 3 rings (SSSR count). The zero-order chi connectivity index (χ0) is 17.5. The summed E-state index contributed by atoms with van der Waals surface area (Å²) in [4.78, 5) is 14.8. The molecule has 0 bridgehead atoms. The van der Waals surface area contributed by atoms with E-state index in [2.05, 4.69) is 29.0 Å². The number of nitrogens with one attached hydrogen (secondary N) is 1. The van der Waals surface area contributed by atoms with Crippen molar-refractivity contribution in [3.63, 3.8) is 0 Å². The first-order valence-electron chi connectivity index (χ1n) is 8.95. The Balaban J connectivity index is 1.56. The van der Waals surface area contributed by atoms with Crippen molar-refractivity contribution in [1.82, 2.24) is 10.2 Å². The van der Waals surface area contributed by atoms with E-state index >= 15 is 0 Å². The predicted molar refractivity (Wildman–Crippen MR) is 101 cm³/mol. The minimum atomic E-state index is -0.00878. The van der Waals surface area contributed by atoms with Crippen molar-refractivity contribution < 1.29 is 4.79 Å². The maximum absolute atomic E-state index is 12.3. The number of carbonyl (C=O) groups excluding carboxylic acids is 1. The van der Waals surface area contributed by atoms with Crippen LogP contribution in [0.15, 0.2) is 54.6 Å². The van der Waals surface area contributed by atoms with Crippen LogP contribution in [-0.4, -0.2) is 36.5 Å². The lowest BCUT2D eigenvalue weighted by atomic mass is 10.1. The van der Waals surface area contributed by atoms with Crippen molar-refractivity contribution >= 4 is 5.91 Å². The highest BCUT2D eigenvalue weighted by Gasteiger charge is 2.23. The molecule has 0 aliphatic carbocycles. The summed E-state index contributed by atoms with van der Waals surface area (Å²) in [6.07, 6.45) is 2.39. The summed E-state index contributed by atoms with van der Waals surface area (Å²) in [6, 6.07) is 17.9. The summed E-state index contributed by atoms with van der Waals surface area (Å²) in [6.45, 7) is 5.10. The normalized spacial score (nSPS) is 16.9. The van der Waals surface area contributed by atoms with Gasteiger partial charge < -0.3 is 5.32 Å². The van der Waals surface area contributed by atoms with Crippen molar-refractivity contribution in [2.24, 2.45) is 0 Å². The highest BCUT2D eigenvalue weighted by Crippen LogP contribution is 2.15. The molecular formula is C22H24N2O. The Kier molecular flexibility index (Phi) is 5.87. The van der Waals surface area contributed by atoms with Crippen molar-refractivity contribution in [3.05, 3.63) is 71.3 Å². The molecule has 1 heterocycles. The fourth-order valence-electron chi connectivity index (χ4n) is 3.23. The third-order valence-electron chi connectivity index (χ3n) is 4.68. The van der Waals surface area contributed by atoms with E-state index in [0.717, 1.165) is 30.8 Å². The molecule has 1 aliphatic heterocycles. The van der Waals surface area contributed by atoms with Crippen LogP contribution < -0.4 is 5.32 Å². The van der Waals surface area contributed by atoms with E-state index in [4.69, 9.17) is 0 Å². The number of nitrogens with zero attached hydrogens (tertiary/aromatic N) is 1. The van der Waals surface area contributed by atoms with E-state index in [9.17, 15) is 4.79 Å². The quantitative estimate of drug-likeness (QED) is 0.871. The molecule has 1 fully saturated rings. The molecule has 128 valence electrons. The number of rotatable bonds is 4. The monoisotopic (exact) mass is 332 g/mol. The second kappa shape index (κ2) is 8.50. The van der Waals surface area contributed by atoms with Crippen LogP contribution in [0.2, 0.25) is 0 Å². The van der Waals surface area contributed by atoms with Crippen LogP contribution in [0.3, 0.4) is 0 Å². The Labute approximate surface area is 150 Å². The minimum Gasteiger partial charge on any atom is -0.350 e. The van der Waals surface area contributed by atoms with Crippen LogP contribution in [0.1, 0.15) is 41.3 Å². The van der Waals surface area contributed by atoms with Gasteiger partial charge in [-0.15, -0.1) is 0 Å². The molecule has 0 radical (unpaired) electrons. The lowest BCUT2D eigenvalue weighted by Gasteiger charge is -2.22. The van der Waals surface area contributed by atoms with E-state index in [-0.39, 0.29) is 5.91 Å². The Morgan fingerprint density at radius 2 is 1.76 bits per heavy atom. The highest BCUT2D eigenvalue weighted by atomic mass is 16.1. The lowest BCUT2D eigenvalue weighted by molar-refractivity contribution is 0.0941. The van der Waals surface area contributed by atoms with Crippen molar-refractivity contribution in [2.45, 2.75) is 25.8 Å². The number of benzene rings is 2. The van der Waals surface area contributed by atoms with Gasteiger partial charge in [-0.3, -0.25) is 9.69 Å². The first-order valence-corrected chi connectivity index (χ1v) is 8.95. The van der Waals surface area contributed by atoms with Crippen LogP contribution >= 0.6 is 0 Å². The Morgan fingerprint density at radius 1 is 1.08 bits per heavy atom. The molecule has 0 unspecified atom stereocenters. The van der Waals surface area contributed by atoms with E-state index in [1.807, 2.05) is 54.6 Å². The zero-order valence-corrected chi connectivity index (χ0v) is 14.7. The largest absolute Gasteiger partial charge is 0.350 e. The number of hydrogen-bond acceptors (Lipinski definition) is 2. The van der Waals surface area contributed by atoms with Gasteiger partial charge in [0.25, 0.3) is 5.91 Å². The van der Waals surface area contributed by atoms with Gasteiger partial charge in [-0.1, -0.05) is 37.0 Å². The molecular weight excluding hydrogens is 308 g/mol. The van der Waals surface area contributed by atoms with Crippen LogP contribution in [-0.2, 0) is 0 Å². The van der Waals surface area contributed by atoms with Crippen LogP contribution in [0.25, 0.3) is 0 Å². The van der Waals surface area contributed by atoms with Gasteiger partial charge in [-0.2, -0.15) is 0 Å². The van der Waals surface area contributed by atoms with Gasteiger partial charge in [-0.25, -0.2) is 0 Å². The first-order chi connectivity index (χ1) is 12.3. The van der Waals surface area contributed by atoms with Gasteiger partial charge >= 0.3 is 0 Å². The van der Waals surface area contributed by atoms with E-state index in [1.54, 1.807) is 0 Å². The lowest BCUT2D eigenvalue weighted by Crippen LogP contribution is -2.40. The Bertz CT molecular complexity index is 756. The van der Waals surface area contributed by atoms with Gasteiger partial charge in [0.2, 0.25) is 0 Å².